The Morgan fingerprint density at radius 1 is 0.926 bits per heavy atom. The van der Waals surface area contributed by atoms with Crippen LogP contribution in [0.3, 0.4) is 0 Å². The second kappa shape index (κ2) is 6.97. The Morgan fingerprint density at radius 2 is 1.70 bits per heavy atom. The molecule has 4 aromatic rings. The first-order valence-electron chi connectivity index (χ1n) is 9.88. The molecule has 2 nitrogen and oxygen atoms in total. The lowest BCUT2D eigenvalue weighted by Crippen LogP contribution is -2.40. The van der Waals surface area contributed by atoms with E-state index in [2.05, 4.69) is 69.2 Å². The van der Waals surface area contributed by atoms with Crippen molar-refractivity contribution in [2.75, 3.05) is 0 Å². The van der Waals surface area contributed by atoms with Crippen LogP contribution in [0.2, 0.25) is 19.6 Å². The number of aryl methyl sites for hydroxylation is 1. The van der Waals surface area contributed by atoms with E-state index < -0.39 is 8.07 Å². The molecule has 2 aromatic heterocycles. The fourth-order valence-electron chi connectivity index (χ4n) is 3.79. The molecule has 0 aliphatic rings. The minimum absolute atomic E-state index is 0.935. The maximum absolute atomic E-state index is 5.97. The standard InChI is InChI=1S/C24H27NOSi/c1-5-6-9-18-15-21(25-16-24(18)27(2,3)4)17-12-13-23-20(14-17)19-10-7-8-11-22(19)26-23/h7-8,10-16H,5-6,9H2,1-4H3. The molecule has 0 saturated heterocycles. The minimum atomic E-state index is -1.40. The summed E-state index contributed by atoms with van der Waals surface area (Å²) < 4.78 is 5.97. The highest BCUT2D eigenvalue weighted by Crippen LogP contribution is 2.32. The number of hydrogen-bond donors (Lipinski definition) is 0. The van der Waals surface area contributed by atoms with Crippen LogP contribution in [0.5, 0.6) is 0 Å². The van der Waals surface area contributed by atoms with E-state index in [1.165, 1.54) is 29.0 Å². The molecule has 0 N–H and O–H groups in total. The summed E-state index contributed by atoms with van der Waals surface area (Å²) >= 11 is 0. The molecule has 0 amide bonds. The highest BCUT2D eigenvalue weighted by molar-refractivity contribution is 6.89. The van der Waals surface area contributed by atoms with Crippen LogP contribution in [0.15, 0.2) is 59.1 Å². The number of benzene rings is 2. The summed E-state index contributed by atoms with van der Waals surface area (Å²) in [7, 11) is -1.40. The summed E-state index contributed by atoms with van der Waals surface area (Å²) in [6.07, 6.45) is 5.73. The molecule has 0 spiro atoms. The van der Waals surface area contributed by atoms with E-state index in [-0.39, 0.29) is 0 Å². The van der Waals surface area contributed by atoms with E-state index in [0.29, 0.717) is 0 Å². The Labute approximate surface area is 162 Å². The first-order chi connectivity index (χ1) is 13.0. The molecule has 4 rings (SSSR count). The van der Waals surface area contributed by atoms with Crippen molar-refractivity contribution in [2.45, 2.75) is 45.8 Å². The Bertz CT molecular complexity index is 1100. The molecule has 0 saturated carbocycles. The molecule has 0 unspecified atom stereocenters. The second-order valence-electron chi connectivity index (χ2n) is 8.39. The maximum atomic E-state index is 5.97. The summed E-state index contributed by atoms with van der Waals surface area (Å²) in [6, 6.07) is 17.0. The molecule has 0 aliphatic carbocycles. The molecular weight excluding hydrogens is 346 g/mol. The molecule has 0 aliphatic heterocycles. The van der Waals surface area contributed by atoms with Crippen molar-refractivity contribution in [2.24, 2.45) is 0 Å². The number of nitrogens with zero attached hydrogens (tertiary/aromatic N) is 1. The largest absolute Gasteiger partial charge is 0.456 e. The van der Waals surface area contributed by atoms with E-state index in [1.54, 1.807) is 0 Å². The fraction of sp³-hybridized carbons (Fsp3) is 0.292. The Kier molecular flexibility index (Phi) is 4.64. The van der Waals surface area contributed by atoms with Gasteiger partial charge in [0, 0.05) is 22.5 Å². The number of hydrogen-bond acceptors (Lipinski definition) is 2. The topological polar surface area (TPSA) is 26.0 Å². The van der Waals surface area contributed by atoms with Gasteiger partial charge in [0.05, 0.1) is 13.8 Å². The lowest BCUT2D eigenvalue weighted by Gasteiger charge is -2.21. The third-order valence-electron chi connectivity index (χ3n) is 5.27. The van der Waals surface area contributed by atoms with Gasteiger partial charge in [-0.3, -0.25) is 4.98 Å². The monoisotopic (exact) mass is 373 g/mol. The molecule has 27 heavy (non-hydrogen) atoms. The van der Waals surface area contributed by atoms with Gasteiger partial charge in [-0.05, 0) is 53.9 Å². The third-order valence-corrected chi connectivity index (χ3v) is 7.34. The third kappa shape index (κ3) is 3.44. The zero-order valence-electron chi connectivity index (χ0n) is 16.7. The van der Waals surface area contributed by atoms with Gasteiger partial charge < -0.3 is 4.42 Å². The number of pyridine rings is 1. The van der Waals surface area contributed by atoms with Gasteiger partial charge in [-0.15, -0.1) is 0 Å². The maximum Gasteiger partial charge on any atom is 0.135 e. The second-order valence-corrected chi connectivity index (χ2v) is 13.4. The zero-order valence-corrected chi connectivity index (χ0v) is 17.7. The number of aromatic nitrogens is 1. The number of para-hydroxylation sites is 1. The van der Waals surface area contributed by atoms with Crippen LogP contribution in [0.25, 0.3) is 33.2 Å². The Balaban J connectivity index is 1.83. The van der Waals surface area contributed by atoms with E-state index in [9.17, 15) is 0 Å². The van der Waals surface area contributed by atoms with Gasteiger partial charge in [0.2, 0.25) is 0 Å². The lowest BCUT2D eigenvalue weighted by molar-refractivity contribution is 0.669. The van der Waals surface area contributed by atoms with Crippen LogP contribution in [0, 0.1) is 0 Å². The summed E-state index contributed by atoms with van der Waals surface area (Å²) in [5.41, 5.74) is 5.59. The van der Waals surface area contributed by atoms with Gasteiger partial charge in [0.15, 0.2) is 0 Å². The summed E-state index contributed by atoms with van der Waals surface area (Å²) in [6.45, 7) is 9.47. The highest BCUT2D eigenvalue weighted by atomic mass is 28.3. The van der Waals surface area contributed by atoms with Crippen molar-refractivity contribution in [3.63, 3.8) is 0 Å². The predicted molar refractivity (Wildman–Crippen MR) is 119 cm³/mol. The molecule has 3 heteroatoms. The average molecular weight is 374 g/mol. The van der Waals surface area contributed by atoms with E-state index >= 15 is 0 Å². The smallest absolute Gasteiger partial charge is 0.135 e. The number of furan rings is 1. The van der Waals surface area contributed by atoms with E-state index in [4.69, 9.17) is 9.40 Å². The van der Waals surface area contributed by atoms with Crippen molar-refractivity contribution in [1.29, 1.82) is 0 Å². The zero-order chi connectivity index (χ0) is 19.0. The normalized spacial score (nSPS) is 12.1. The average Bonchev–Trinajstić information content (AvgIpc) is 3.03. The van der Waals surface area contributed by atoms with Gasteiger partial charge in [-0.1, -0.05) is 51.2 Å². The van der Waals surface area contributed by atoms with Gasteiger partial charge in [-0.2, -0.15) is 0 Å². The van der Waals surface area contributed by atoms with Crippen LogP contribution in [0.4, 0.5) is 0 Å². The van der Waals surface area contributed by atoms with Crippen molar-refractivity contribution in [3.05, 3.63) is 60.3 Å². The van der Waals surface area contributed by atoms with Crippen molar-refractivity contribution < 1.29 is 4.42 Å². The van der Waals surface area contributed by atoms with Crippen molar-refractivity contribution >= 4 is 35.2 Å². The molecule has 2 heterocycles. The van der Waals surface area contributed by atoms with Crippen LogP contribution in [-0.2, 0) is 6.42 Å². The molecular formula is C24H27NOSi. The molecule has 0 radical (unpaired) electrons. The SMILES string of the molecule is CCCCc1cc(-c2ccc3oc4ccccc4c3c2)ncc1[Si](C)(C)C. The molecule has 0 bridgehead atoms. The quantitative estimate of drug-likeness (QED) is 0.371. The summed E-state index contributed by atoms with van der Waals surface area (Å²) in [5.74, 6) is 0. The van der Waals surface area contributed by atoms with Crippen LogP contribution in [0.1, 0.15) is 25.3 Å². The van der Waals surface area contributed by atoms with Gasteiger partial charge in [0.25, 0.3) is 0 Å². The minimum Gasteiger partial charge on any atom is -0.456 e. The van der Waals surface area contributed by atoms with Crippen molar-refractivity contribution in [3.8, 4) is 11.3 Å². The number of unbranched alkanes of at least 4 members (excludes halogenated alkanes) is 1. The summed E-state index contributed by atoms with van der Waals surface area (Å²) in [5, 5.41) is 3.82. The first-order valence-corrected chi connectivity index (χ1v) is 13.4. The van der Waals surface area contributed by atoms with Crippen molar-refractivity contribution in [1.82, 2.24) is 4.98 Å². The predicted octanol–water partition coefficient (Wildman–Crippen LogP) is 6.54. The van der Waals surface area contributed by atoms with Crippen LogP contribution < -0.4 is 5.19 Å². The molecule has 2 aromatic carbocycles. The fourth-order valence-corrected chi connectivity index (χ4v) is 5.40. The van der Waals surface area contributed by atoms with Gasteiger partial charge in [0.1, 0.15) is 11.2 Å². The lowest BCUT2D eigenvalue weighted by atomic mass is 10.0. The molecule has 0 atom stereocenters. The summed E-state index contributed by atoms with van der Waals surface area (Å²) in [4.78, 5) is 4.86. The van der Waals surface area contributed by atoms with Gasteiger partial charge in [-0.25, -0.2) is 0 Å². The van der Waals surface area contributed by atoms with Crippen LogP contribution >= 0.6 is 0 Å². The van der Waals surface area contributed by atoms with Crippen LogP contribution in [-0.4, -0.2) is 13.1 Å². The number of fused-ring (bicyclic) bond motifs is 3. The van der Waals surface area contributed by atoms with E-state index in [1.807, 2.05) is 12.1 Å². The number of rotatable bonds is 5. The highest BCUT2D eigenvalue weighted by Gasteiger charge is 2.21. The Hall–Kier alpha value is -2.39. The molecule has 0 fully saturated rings. The van der Waals surface area contributed by atoms with Gasteiger partial charge >= 0.3 is 0 Å². The molecule has 138 valence electrons. The van der Waals surface area contributed by atoms with E-state index in [0.717, 1.165) is 34.2 Å². The first kappa shape index (κ1) is 18.0. The Morgan fingerprint density at radius 3 is 2.48 bits per heavy atom.